The molecule has 7 heteroatoms. The second kappa shape index (κ2) is 4.64. The summed E-state index contributed by atoms with van der Waals surface area (Å²) < 4.78 is 5.25. The first-order valence-electron chi connectivity index (χ1n) is 6.33. The van der Waals surface area contributed by atoms with Crippen LogP contribution in [-0.2, 0) is 9.53 Å². The Bertz CT molecular complexity index is 390. The smallest absolute Gasteiger partial charge is 0.329 e. The molecule has 2 saturated heterocycles. The van der Waals surface area contributed by atoms with Gasteiger partial charge in [-0.2, -0.15) is 0 Å². The van der Waals surface area contributed by atoms with Crippen molar-refractivity contribution in [2.75, 3.05) is 32.8 Å². The maximum Gasteiger partial charge on any atom is 0.329 e. The van der Waals surface area contributed by atoms with Crippen molar-refractivity contribution in [1.29, 1.82) is 0 Å². The fraction of sp³-hybridized carbons (Fsp3) is 0.833. The van der Waals surface area contributed by atoms with E-state index >= 15 is 0 Å². The number of nitrogens with zero attached hydrogens (tertiary/aromatic N) is 2. The second-order valence-electron chi connectivity index (χ2n) is 5.94. The minimum absolute atomic E-state index is 0.117. The van der Waals surface area contributed by atoms with Crippen molar-refractivity contribution in [2.45, 2.75) is 31.5 Å². The first-order valence-corrected chi connectivity index (χ1v) is 6.33. The van der Waals surface area contributed by atoms with Gasteiger partial charge in [-0.15, -0.1) is 0 Å². The summed E-state index contributed by atoms with van der Waals surface area (Å²) in [6, 6.07) is -0.117. The maximum atomic E-state index is 12.1. The molecular weight excluding hydrogens is 252 g/mol. The zero-order valence-corrected chi connectivity index (χ0v) is 11.3. The molecule has 2 fully saturated rings. The van der Waals surface area contributed by atoms with Crippen LogP contribution in [0, 0.1) is 0 Å². The third-order valence-electron chi connectivity index (χ3n) is 3.59. The van der Waals surface area contributed by atoms with Crippen molar-refractivity contribution in [3.05, 3.63) is 0 Å². The monoisotopic (exact) mass is 272 g/mol. The van der Waals surface area contributed by atoms with Crippen LogP contribution in [0.2, 0.25) is 0 Å². The lowest BCUT2D eigenvalue weighted by molar-refractivity contribution is -0.160. The van der Waals surface area contributed by atoms with E-state index in [0.29, 0.717) is 32.6 Å². The van der Waals surface area contributed by atoms with Crippen molar-refractivity contribution in [2.24, 2.45) is 0 Å². The van der Waals surface area contributed by atoms with E-state index in [1.165, 1.54) is 0 Å². The molecule has 2 amide bonds. The summed E-state index contributed by atoms with van der Waals surface area (Å²) in [6.45, 7) is 4.83. The number of carbonyl (C=O) groups is 2. The predicted molar refractivity (Wildman–Crippen MR) is 65.8 cm³/mol. The van der Waals surface area contributed by atoms with E-state index in [-0.39, 0.29) is 12.6 Å². The minimum Gasteiger partial charge on any atom is -0.480 e. The molecule has 0 saturated carbocycles. The molecule has 2 N–H and O–H groups in total. The van der Waals surface area contributed by atoms with Gasteiger partial charge >= 0.3 is 12.0 Å². The normalized spacial score (nSPS) is 29.2. The van der Waals surface area contributed by atoms with Crippen molar-refractivity contribution in [3.63, 3.8) is 0 Å². The van der Waals surface area contributed by atoms with Gasteiger partial charge in [0.15, 0.2) is 0 Å². The summed E-state index contributed by atoms with van der Waals surface area (Å²) in [5, 5.41) is 18.4. The van der Waals surface area contributed by atoms with Crippen LogP contribution in [0.5, 0.6) is 0 Å². The van der Waals surface area contributed by atoms with Crippen LogP contribution in [0.15, 0.2) is 0 Å². The molecule has 0 aliphatic carbocycles. The first kappa shape index (κ1) is 14.1. The Hall–Kier alpha value is -1.34. The number of β-amino-alcohol motifs (C(OH)–C–C–N with tert-alkyl or cyclic N) is 1. The molecule has 0 spiro atoms. The highest BCUT2D eigenvalue weighted by Crippen LogP contribution is 2.28. The van der Waals surface area contributed by atoms with E-state index in [1.807, 2.05) is 0 Å². The van der Waals surface area contributed by atoms with Gasteiger partial charge in [0.1, 0.15) is 12.2 Å². The van der Waals surface area contributed by atoms with E-state index in [4.69, 9.17) is 9.84 Å². The Morgan fingerprint density at radius 3 is 2.32 bits per heavy atom. The number of rotatable bonds is 3. The Morgan fingerprint density at radius 1 is 1.21 bits per heavy atom. The molecule has 7 nitrogen and oxygen atoms in total. The third kappa shape index (κ3) is 3.16. The highest BCUT2D eigenvalue weighted by atomic mass is 16.5. The molecule has 0 radical (unpaired) electrons. The first-order chi connectivity index (χ1) is 8.71. The molecular formula is C12H20N2O5. The van der Waals surface area contributed by atoms with Crippen molar-refractivity contribution < 1.29 is 24.5 Å². The Morgan fingerprint density at radius 2 is 1.84 bits per heavy atom. The fourth-order valence-electron chi connectivity index (χ4n) is 2.53. The van der Waals surface area contributed by atoms with E-state index in [2.05, 4.69) is 0 Å². The molecule has 0 aromatic rings. The number of ether oxygens (including phenoxy) is 1. The molecule has 0 bridgehead atoms. The number of likely N-dealkylation sites (tertiary alicyclic amines) is 2. The average molecular weight is 272 g/mol. The third-order valence-corrected chi connectivity index (χ3v) is 3.59. The van der Waals surface area contributed by atoms with Crippen LogP contribution in [-0.4, -0.2) is 76.0 Å². The average Bonchev–Trinajstić information content (AvgIpc) is 2.62. The summed E-state index contributed by atoms with van der Waals surface area (Å²) >= 11 is 0. The van der Waals surface area contributed by atoms with Gasteiger partial charge in [-0.25, -0.2) is 9.59 Å². The van der Waals surface area contributed by atoms with E-state index in [1.54, 1.807) is 23.6 Å². The fourth-order valence-corrected chi connectivity index (χ4v) is 2.53. The van der Waals surface area contributed by atoms with Crippen LogP contribution in [0.4, 0.5) is 4.79 Å². The van der Waals surface area contributed by atoms with E-state index < -0.39 is 17.2 Å². The molecule has 2 aliphatic heterocycles. The Labute approximate surface area is 111 Å². The number of carbonyl (C=O) groups excluding carboxylic acids is 1. The summed E-state index contributed by atoms with van der Waals surface area (Å²) in [5.74, 6) is -1.01. The minimum atomic E-state index is -1.01. The van der Waals surface area contributed by atoms with Crippen LogP contribution in [0.3, 0.4) is 0 Å². The standard InChI is InChI=1S/C12H20N2O5/c1-11(18)3-4-13(6-11)10(17)14-7-12(2,8-14)19-5-9(15)16/h18H,3-8H2,1-2H3,(H,15,16). The number of amides is 2. The van der Waals surface area contributed by atoms with Crippen molar-refractivity contribution in [3.8, 4) is 0 Å². The van der Waals surface area contributed by atoms with Crippen LogP contribution >= 0.6 is 0 Å². The lowest BCUT2D eigenvalue weighted by atomic mass is 9.97. The topological polar surface area (TPSA) is 90.3 Å². The zero-order valence-electron chi connectivity index (χ0n) is 11.3. The van der Waals surface area contributed by atoms with Crippen LogP contribution in [0.1, 0.15) is 20.3 Å². The van der Waals surface area contributed by atoms with Gasteiger partial charge in [-0.1, -0.05) is 0 Å². The summed E-state index contributed by atoms with van der Waals surface area (Å²) in [6.07, 6.45) is 0.583. The summed E-state index contributed by atoms with van der Waals surface area (Å²) in [4.78, 5) is 25.8. The maximum absolute atomic E-state index is 12.1. The Kier molecular flexibility index (Phi) is 3.44. The molecule has 19 heavy (non-hydrogen) atoms. The number of hydrogen-bond donors (Lipinski definition) is 2. The number of urea groups is 1. The van der Waals surface area contributed by atoms with Gasteiger partial charge in [0.2, 0.25) is 0 Å². The molecule has 1 atom stereocenters. The number of carboxylic acids is 1. The summed E-state index contributed by atoms with van der Waals surface area (Å²) in [7, 11) is 0. The van der Waals surface area contributed by atoms with Gasteiger partial charge in [-0.3, -0.25) is 0 Å². The largest absolute Gasteiger partial charge is 0.480 e. The quantitative estimate of drug-likeness (QED) is 0.738. The van der Waals surface area contributed by atoms with Crippen LogP contribution < -0.4 is 0 Å². The lowest BCUT2D eigenvalue weighted by Gasteiger charge is -2.48. The predicted octanol–water partition coefficient (Wildman–Crippen LogP) is -0.261. The van der Waals surface area contributed by atoms with Crippen molar-refractivity contribution >= 4 is 12.0 Å². The van der Waals surface area contributed by atoms with E-state index in [9.17, 15) is 14.7 Å². The summed E-state index contributed by atoms with van der Waals surface area (Å²) in [5.41, 5.74) is -1.38. The molecule has 2 rings (SSSR count). The Balaban J connectivity index is 1.80. The van der Waals surface area contributed by atoms with E-state index in [0.717, 1.165) is 0 Å². The van der Waals surface area contributed by atoms with Crippen molar-refractivity contribution in [1.82, 2.24) is 9.80 Å². The van der Waals surface area contributed by atoms with Gasteiger partial charge in [-0.05, 0) is 20.3 Å². The van der Waals surface area contributed by atoms with Gasteiger partial charge in [0, 0.05) is 6.54 Å². The molecule has 0 aromatic heterocycles. The van der Waals surface area contributed by atoms with Gasteiger partial charge in [0.25, 0.3) is 0 Å². The molecule has 0 aromatic carbocycles. The molecule has 108 valence electrons. The van der Waals surface area contributed by atoms with Gasteiger partial charge < -0.3 is 24.7 Å². The highest BCUT2D eigenvalue weighted by molar-refractivity contribution is 5.76. The second-order valence-corrected chi connectivity index (χ2v) is 5.94. The zero-order chi connectivity index (χ0) is 14.3. The number of hydrogen-bond acceptors (Lipinski definition) is 4. The number of carboxylic acid groups (broad SMARTS) is 1. The molecule has 1 unspecified atom stereocenters. The van der Waals surface area contributed by atoms with Gasteiger partial charge in [0.05, 0.1) is 25.2 Å². The molecule has 2 heterocycles. The highest BCUT2D eigenvalue weighted by Gasteiger charge is 2.46. The number of aliphatic hydroxyl groups is 1. The number of aliphatic carboxylic acids is 1. The SMILES string of the molecule is CC1(O)CCN(C(=O)N2CC(C)(OCC(=O)O)C2)C1. The lowest BCUT2D eigenvalue weighted by Crippen LogP contribution is -2.65. The van der Waals surface area contributed by atoms with Crippen LogP contribution in [0.25, 0.3) is 0 Å². The molecule has 2 aliphatic rings.